The topological polar surface area (TPSA) is 50.2 Å². The van der Waals surface area contributed by atoms with E-state index in [4.69, 9.17) is 0 Å². The van der Waals surface area contributed by atoms with Gasteiger partial charge in [-0.2, -0.15) is 5.10 Å². The van der Waals surface area contributed by atoms with Crippen LogP contribution in [0.3, 0.4) is 0 Å². The van der Waals surface area contributed by atoms with E-state index in [0.717, 1.165) is 37.1 Å². The molecule has 0 saturated carbocycles. The molecule has 0 spiro atoms. The summed E-state index contributed by atoms with van der Waals surface area (Å²) in [6, 6.07) is 10.0. The molecule has 1 amide bonds. The second kappa shape index (κ2) is 9.10. The van der Waals surface area contributed by atoms with E-state index in [2.05, 4.69) is 22.2 Å². The first-order valence-corrected chi connectivity index (χ1v) is 8.23. The van der Waals surface area contributed by atoms with Gasteiger partial charge in [0.25, 0.3) is 0 Å². The minimum atomic E-state index is 0.0825. The normalized spacial score (nSPS) is 10.9. The quantitative estimate of drug-likeness (QED) is 0.772. The van der Waals surface area contributed by atoms with Gasteiger partial charge in [-0.05, 0) is 44.1 Å². The third-order valence-electron chi connectivity index (χ3n) is 3.70. The van der Waals surface area contributed by atoms with Crippen LogP contribution in [0.25, 0.3) is 5.69 Å². The van der Waals surface area contributed by atoms with Crippen LogP contribution in [0.15, 0.2) is 42.7 Å². The van der Waals surface area contributed by atoms with Crippen LogP contribution in [0.5, 0.6) is 0 Å². The number of amides is 1. The van der Waals surface area contributed by atoms with Crippen LogP contribution in [0.2, 0.25) is 0 Å². The zero-order valence-corrected chi connectivity index (χ0v) is 14.0. The lowest BCUT2D eigenvalue weighted by atomic mass is 10.2. The van der Waals surface area contributed by atoms with Crippen LogP contribution in [-0.2, 0) is 11.2 Å². The number of carbonyl (C=O) groups is 1. The summed E-state index contributed by atoms with van der Waals surface area (Å²) in [5.74, 6) is 0.0825. The van der Waals surface area contributed by atoms with E-state index in [9.17, 15) is 4.79 Å². The highest BCUT2D eigenvalue weighted by atomic mass is 16.2. The lowest BCUT2D eigenvalue weighted by Gasteiger charge is -2.15. The Morgan fingerprint density at radius 1 is 1.30 bits per heavy atom. The highest BCUT2D eigenvalue weighted by Crippen LogP contribution is 2.07. The number of unbranched alkanes of at least 4 members (excludes halogenated alkanes) is 1. The van der Waals surface area contributed by atoms with Gasteiger partial charge in [0, 0.05) is 12.7 Å². The van der Waals surface area contributed by atoms with Gasteiger partial charge in [0.15, 0.2) is 0 Å². The first-order valence-electron chi connectivity index (χ1n) is 8.23. The molecule has 0 atom stereocenters. The third-order valence-corrected chi connectivity index (χ3v) is 3.70. The summed E-state index contributed by atoms with van der Waals surface area (Å²) in [5, 5.41) is 7.33. The molecule has 2 rings (SSSR count). The zero-order chi connectivity index (χ0) is 16.5. The lowest BCUT2D eigenvalue weighted by molar-refractivity contribution is -0.121. The van der Waals surface area contributed by atoms with Gasteiger partial charge in [0.05, 0.1) is 18.4 Å². The fourth-order valence-electron chi connectivity index (χ4n) is 2.37. The standard InChI is InChI=1S/C18H26N4O/c1-3-4-12-21(2)15-18(23)19-11-10-16-13-20-22(14-16)17-8-6-5-7-9-17/h5-9,13-14H,3-4,10-12,15H2,1-2H3,(H,19,23). The Morgan fingerprint density at radius 3 is 2.83 bits per heavy atom. The Balaban J connectivity index is 1.72. The van der Waals surface area contributed by atoms with E-state index in [-0.39, 0.29) is 5.91 Å². The summed E-state index contributed by atoms with van der Waals surface area (Å²) < 4.78 is 1.86. The van der Waals surface area contributed by atoms with Crippen molar-refractivity contribution < 1.29 is 4.79 Å². The lowest BCUT2D eigenvalue weighted by Crippen LogP contribution is -2.36. The molecule has 0 aliphatic heterocycles. The fourth-order valence-corrected chi connectivity index (χ4v) is 2.37. The molecule has 0 radical (unpaired) electrons. The molecule has 1 heterocycles. The van der Waals surface area contributed by atoms with Gasteiger partial charge in [-0.25, -0.2) is 4.68 Å². The summed E-state index contributed by atoms with van der Waals surface area (Å²) in [6.45, 7) is 4.22. The minimum Gasteiger partial charge on any atom is -0.355 e. The second-order valence-electron chi connectivity index (χ2n) is 5.82. The Morgan fingerprint density at radius 2 is 2.09 bits per heavy atom. The van der Waals surface area contributed by atoms with Gasteiger partial charge in [0.1, 0.15) is 0 Å². The Hall–Kier alpha value is -2.14. The van der Waals surface area contributed by atoms with Crippen LogP contribution in [0.1, 0.15) is 25.3 Å². The zero-order valence-electron chi connectivity index (χ0n) is 14.0. The van der Waals surface area contributed by atoms with Crippen molar-refractivity contribution in [1.29, 1.82) is 0 Å². The first kappa shape index (κ1) is 17.2. The van der Waals surface area contributed by atoms with Crippen molar-refractivity contribution in [3.63, 3.8) is 0 Å². The van der Waals surface area contributed by atoms with Crippen molar-refractivity contribution in [3.05, 3.63) is 48.3 Å². The van der Waals surface area contributed by atoms with Crippen molar-refractivity contribution in [2.45, 2.75) is 26.2 Å². The van der Waals surface area contributed by atoms with Crippen molar-refractivity contribution in [2.24, 2.45) is 0 Å². The molecule has 124 valence electrons. The molecule has 0 unspecified atom stereocenters. The Kier molecular flexibility index (Phi) is 6.81. The maximum Gasteiger partial charge on any atom is 0.234 e. The molecular weight excluding hydrogens is 288 g/mol. The summed E-state index contributed by atoms with van der Waals surface area (Å²) in [7, 11) is 1.99. The molecule has 0 fully saturated rings. The van der Waals surface area contributed by atoms with Gasteiger partial charge in [-0.3, -0.25) is 9.69 Å². The first-order chi connectivity index (χ1) is 11.2. The predicted molar refractivity (Wildman–Crippen MR) is 92.7 cm³/mol. The van der Waals surface area contributed by atoms with Crippen molar-refractivity contribution in [1.82, 2.24) is 20.0 Å². The molecule has 23 heavy (non-hydrogen) atoms. The van der Waals surface area contributed by atoms with E-state index < -0.39 is 0 Å². The number of hydrogen-bond acceptors (Lipinski definition) is 3. The largest absolute Gasteiger partial charge is 0.355 e. The number of carbonyl (C=O) groups excluding carboxylic acids is 1. The Bertz CT molecular complexity index is 594. The van der Waals surface area contributed by atoms with Gasteiger partial charge in [-0.1, -0.05) is 31.5 Å². The number of para-hydroxylation sites is 1. The van der Waals surface area contributed by atoms with Crippen LogP contribution in [-0.4, -0.2) is 47.3 Å². The van der Waals surface area contributed by atoms with Crippen LogP contribution < -0.4 is 5.32 Å². The number of nitrogens with zero attached hydrogens (tertiary/aromatic N) is 3. The summed E-state index contributed by atoms with van der Waals surface area (Å²) >= 11 is 0. The van der Waals surface area contributed by atoms with Crippen molar-refractivity contribution in [2.75, 3.05) is 26.7 Å². The molecule has 0 bridgehead atoms. The highest BCUT2D eigenvalue weighted by molar-refractivity contribution is 5.77. The van der Waals surface area contributed by atoms with E-state index in [1.54, 1.807) is 0 Å². The minimum absolute atomic E-state index is 0.0825. The molecule has 0 aliphatic carbocycles. The molecule has 5 heteroatoms. The number of rotatable bonds is 9. The summed E-state index contributed by atoms with van der Waals surface area (Å²) in [6.07, 6.45) is 6.93. The molecule has 5 nitrogen and oxygen atoms in total. The van der Waals surface area contributed by atoms with E-state index in [1.165, 1.54) is 0 Å². The van der Waals surface area contributed by atoms with E-state index in [1.807, 2.05) is 54.5 Å². The SMILES string of the molecule is CCCCN(C)CC(=O)NCCc1cnn(-c2ccccc2)c1. The van der Waals surface area contributed by atoms with E-state index >= 15 is 0 Å². The average Bonchev–Trinajstić information content (AvgIpc) is 3.02. The number of aromatic nitrogens is 2. The fraction of sp³-hybridized carbons (Fsp3) is 0.444. The van der Waals surface area contributed by atoms with E-state index in [0.29, 0.717) is 13.1 Å². The maximum atomic E-state index is 11.9. The van der Waals surface area contributed by atoms with Gasteiger partial charge in [0.2, 0.25) is 5.91 Å². The third kappa shape index (κ3) is 5.87. The second-order valence-corrected chi connectivity index (χ2v) is 5.82. The van der Waals surface area contributed by atoms with Crippen LogP contribution >= 0.6 is 0 Å². The van der Waals surface area contributed by atoms with Crippen molar-refractivity contribution >= 4 is 5.91 Å². The van der Waals surface area contributed by atoms with Crippen LogP contribution in [0, 0.1) is 0 Å². The molecule has 2 aromatic rings. The average molecular weight is 314 g/mol. The monoisotopic (exact) mass is 314 g/mol. The Labute approximate surface area is 138 Å². The highest BCUT2D eigenvalue weighted by Gasteiger charge is 2.06. The summed E-state index contributed by atoms with van der Waals surface area (Å²) in [4.78, 5) is 13.9. The van der Waals surface area contributed by atoms with Crippen molar-refractivity contribution in [3.8, 4) is 5.69 Å². The molecule has 1 aromatic carbocycles. The van der Waals surface area contributed by atoms with Gasteiger partial charge in [-0.15, -0.1) is 0 Å². The van der Waals surface area contributed by atoms with Crippen LogP contribution in [0.4, 0.5) is 0 Å². The number of benzene rings is 1. The molecule has 1 N–H and O–H groups in total. The van der Waals surface area contributed by atoms with Gasteiger partial charge >= 0.3 is 0 Å². The number of nitrogens with one attached hydrogen (secondary N) is 1. The molecule has 1 aromatic heterocycles. The molecular formula is C18H26N4O. The molecule has 0 aliphatic rings. The maximum absolute atomic E-state index is 11.9. The van der Waals surface area contributed by atoms with Gasteiger partial charge < -0.3 is 5.32 Å². The number of likely N-dealkylation sites (N-methyl/N-ethyl adjacent to an activating group) is 1. The molecule has 0 saturated heterocycles. The smallest absolute Gasteiger partial charge is 0.234 e. The number of hydrogen-bond donors (Lipinski definition) is 1. The predicted octanol–water partition coefficient (Wildman–Crippen LogP) is 2.26. The summed E-state index contributed by atoms with van der Waals surface area (Å²) in [5.41, 5.74) is 2.16.